The molecule has 0 aromatic heterocycles. The van der Waals surface area contributed by atoms with Crippen molar-refractivity contribution >= 4 is 8.41 Å². The van der Waals surface area contributed by atoms with Crippen LogP contribution < -0.4 is 0 Å². The Balaban J connectivity index is -0.00000000698. The summed E-state index contributed by atoms with van der Waals surface area (Å²) in [6.07, 6.45) is 2.50. The molecule has 0 atom stereocenters. The molecule has 0 bridgehead atoms. The van der Waals surface area contributed by atoms with E-state index in [2.05, 4.69) is 27.7 Å². The quantitative estimate of drug-likeness (QED) is 0.436. The number of hydrogen-bond acceptors (Lipinski definition) is 0. The maximum atomic E-state index is 2.12. The van der Waals surface area contributed by atoms with E-state index >= 15 is 0 Å². The van der Waals surface area contributed by atoms with Crippen LogP contribution in [-0.4, -0.2) is 8.41 Å². The lowest BCUT2D eigenvalue weighted by molar-refractivity contribution is 1.09. The SMILES string of the molecule is C.CC.CC.CCC.CCC.[2HH].[B]. The van der Waals surface area contributed by atoms with Crippen molar-refractivity contribution in [3.05, 3.63) is 0 Å². The maximum absolute atomic E-state index is 2.12. The predicted octanol–water partition coefficient (Wildman–Crippen LogP) is 5.39. The molecule has 0 aliphatic rings. The Morgan fingerprint density at radius 2 is 0.667 bits per heavy atom. The standard InChI is InChI=1S/2C3H8.2C2H6.CH4.B.H2/c2*1-3-2;2*1-2;;;/h2*3H2,1-2H3;2*1-2H3;1H4;;1H/i;;;;;;1+1. The Labute approximate surface area is 86.2 Å². The zero-order chi connectivity index (χ0) is 9.41. The Morgan fingerprint density at radius 3 is 0.667 bits per heavy atom. The van der Waals surface area contributed by atoms with Crippen LogP contribution in [0.1, 0.15) is 77.1 Å². The largest absolute Gasteiger partial charge is 0.0776 e. The lowest BCUT2D eigenvalue weighted by atomic mass is 10.6. The molecule has 0 saturated heterocycles. The maximum Gasteiger partial charge on any atom is 0 e. The summed E-state index contributed by atoms with van der Waals surface area (Å²) in [5, 5.41) is 0. The Kier molecular flexibility index (Phi) is 880. The molecule has 0 aromatic carbocycles. The van der Waals surface area contributed by atoms with Crippen molar-refractivity contribution in [2.75, 3.05) is 0 Å². The summed E-state index contributed by atoms with van der Waals surface area (Å²) < 4.78 is 0. The molecule has 0 N–H and O–H groups in total. The normalized spacial score (nSPS) is 4.00. The van der Waals surface area contributed by atoms with Crippen molar-refractivity contribution in [2.24, 2.45) is 0 Å². The minimum Gasteiger partial charge on any atom is -0.0776 e. The molecule has 0 aliphatic carbocycles. The fraction of sp³-hybridized carbons (Fsp3) is 1.00. The molecule has 0 rings (SSSR count). The van der Waals surface area contributed by atoms with Gasteiger partial charge in [-0.05, 0) is 0 Å². The minimum absolute atomic E-state index is 0. The molecule has 3 radical (unpaired) electrons. The summed E-state index contributed by atoms with van der Waals surface area (Å²) in [7, 11) is 0. The van der Waals surface area contributed by atoms with E-state index in [1.165, 1.54) is 12.8 Å². The monoisotopic (exact) mass is 178 g/mol. The van der Waals surface area contributed by atoms with Gasteiger partial charge in [-0.15, -0.1) is 0 Å². The highest BCUT2D eigenvalue weighted by atomic mass is 13.4. The first-order chi connectivity index (χ1) is 4.83. The molecule has 0 nitrogen and oxygen atoms in total. The van der Waals surface area contributed by atoms with Crippen molar-refractivity contribution in [3.8, 4) is 0 Å². The second kappa shape index (κ2) is 263. The van der Waals surface area contributed by atoms with E-state index in [1.54, 1.807) is 0 Å². The molecule has 0 aliphatic heterocycles. The highest BCUT2D eigenvalue weighted by molar-refractivity contribution is 5.75. The van der Waals surface area contributed by atoms with Crippen molar-refractivity contribution in [1.29, 1.82) is 0 Å². The van der Waals surface area contributed by atoms with Gasteiger partial charge < -0.3 is 0 Å². The zero-order valence-corrected chi connectivity index (χ0v) is 9.99. The lowest BCUT2D eigenvalue weighted by Gasteiger charge is -1.48. The van der Waals surface area contributed by atoms with Gasteiger partial charge in [0.25, 0.3) is 0 Å². The molecular weight excluding hydrogens is 143 g/mol. The highest BCUT2D eigenvalue weighted by Crippen LogP contribution is 1.56. The van der Waals surface area contributed by atoms with E-state index in [0.717, 1.165) is 0 Å². The topological polar surface area (TPSA) is 0 Å². The van der Waals surface area contributed by atoms with Crippen molar-refractivity contribution in [2.45, 2.75) is 75.7 Å². The minimum atomic E-state index is 0. The van der Waals surface area contributed by atoms with E-state index in [0.29, 0.717) is 0 Å². The van der Waals surface area contributed by atoms with E-state index in [9.17, 15) is 0 Å². The predicted molar refractivity (Wildman–Crippen MR) is 69.2 cm³/mol. The van der Waals surface area contributed by atoms with Gasteiger partial charge in [-0.25, -0.2) is 0 Å². The third-order valence-corrected chi connectivity index (χ3v) is 0. The van der Waals surface area contributed by atoms with Crippen LogP contribution in [0, 0.1) is 0 Å². The van der Waals surface area contributed by atoms with Gasteiger partial charge in [0, 0.05) is 9.84 Å². The Morgan fingerprint density at radius 1 is 0.667 bits per heavy atom. The molecule has 0 aromatic rings. The first-order valence-electron chi connectivity index (χ1n) is 4.83. The van der Waals surface area contributed by atoms with Crippen LogP contribution in [0.25, 0.3) is 0 Å². The fourth-order valence-electron chi connectivity index (χ4n) is 0. The molecule has 81 valence electrons. The van der Waals surface area contributed by atoms with Gasteiger partial charge in [0.15, 0.2) is 0 Å². The molecule has 0 heterocycles. The van der Waals surface area contributed by atoms with Crippen molar-refractivity contribution < 1.29 is 1.43 Å². The molecule has 0 fully saturated rings. The third-order valence-electron chi connectivity index (χ3n) is 0. The molecule has 0 spiro atoms. The summed E-state index contributed by atoms with van der Waals surface area (Å²) in [6, 6.07) is 0. The molecule has 1 heteroatoms. The van der Waals surface area contributed by atoms with Crippen molar-refractivity contribution in [3.63, 3.8) is 0 Å². The van der Waals surface area contributed by atoms with Gasteiger partial charge in [0.05, 0.1) is 0 Å². The lowest BCUT2D eigenvalue weighted by Crippen LogP contribution is -1.27. The zero-order valence-electron chi connectivity index (χ0n) is 9.99. The van der Waals surface area contributed by atoms with E-state index in [4.69, 9.17) is 0 Å². The van der Waals surface area contributed by atoms with Crippen LogP contribution in [0.2, 0.25) is 0 Å². The average Bonchev–Trinajstić information content (AvgIpc) is 1.99. The fourth-order valence-corrected chi connectivity index (χ4v) is 0. The van der Waals surface area contributed by atoms with Crippen LogP contribution in [0.4, 0.5) is 0 Å². The summed E-state index contributed by atoms with van der Waals surface area (Å²) >= 11 is 0. The van der Waals surface area contributed by atoms with Crippen LogP contribution >= 0.6 is 0 Å². The average molecular weight is 178 g/mol. The summed E-state index contributed by atoms with van der Waals surface area (Å²) in [5.74, 6) is 0. The Bertz CT molecular complexity index is 12.1. The molecular formula is C11H34B. The first kappa shape index (κ1) is 40.2. The third kappa shape index (κ3) is 196000. The molecule has 0 amide bonds. The van der Waals surface area contributed by atoms with E-state index in [1.807, 2.05) is 27.7 Å². The molecule has 0 unspecified atom stereocenters. The van der Waals surface area contributed by atoms with Crippen LogP contribution in [0.15, 0.2) is 0 Å². The van der Waals surface area contributed by atoms with Gasteiger partial charge in [0.1, 0.15) is 0 Å². The Hall–Kier alpha value is 0.0649. The number of rotatable bonds is 0. The van der Waals surface area contributed by atoms with Gasteiger partial charge in [0.2, 0.25) is 0 Å². The molecule has 0 saturated carbocycles. The molecule has 12 heavy (non-hydrogen) atoms. The summed E-state index contributed by atoms with van der Waals surface area (Å²) in [6.45, 7) is 16.5. The highest BCUT2D eigenvalue weighted by Gasteiger charge is 1.36. The van der Waals surface area contributed by atoms with E-state index < -0.39 is 0 Å². The first-order valence-corrected chi connectivity index (χ1v) is 4.83. The van der Waals surface area contributed by atoms with Crippen molar-refractivity contribution in [1.82, 2.24) is 0 Å². The summed E-state index contributed by atoms with van der Waals surface area (Å²) in [5.41, 5.74) is 0. The second-order valence-corrected chi connectivity index (χ2v) is 1.41. The van der Waals surface area contributed by atoms with Crippen LogP contribution in [0.3, 0.4) is 0 Å². The van der Waals surface area contributed by atoms with E-state index in [-0.39, 0.29) is 17.3 Å². The summed E-state index contributed by atoms with van der Waals surface area (Å²) in [4.78, 5) is 0. The van der Waals surface area contributed by atoms with Crippen LogP contribution in [-0.2, 0) is 0 Å². The second-order valence-electron chi connectivity index (χ2n) is 1.41. The van der Waals surface area contributed by atoms with Gasteiger partial charge in [-0.1, -0.05) is 75.7 Å². The van der Waals surface area contributed by atoms with Gasteiger partial charge >= 0.3 is 0 Å². The van der Waals surface area contributed by atoms with Crippen LogP contribution in [0.5, 0.6) is 0 Å². The number of hydrogen-bond donors (Lipinski definition) is 0. The van der Waals surface area contributed by atoms with Gasteiger partial charge in [-0.3, -0.25) is 0 Å². The smallest absolute Gasteiger partial charge is 0 e. The van der Waals surface area contributed by atoms with Gasteiger partial charge in [-0.2, -0.15) is 0 Å².